The number of benzene rings is 5. The molecule has 0 aliphatic heterocycles. The summed E-state index contributed by atoms with van der Waals surface area (Å²) >= 11 is 0. The van der Waals surface area contributed by atoms with E-state index in [2.05, 4.69) is 74.4 Å². The quantitative estimate of drug-likeness (QED) is 0.0931. The van der Waals surface area contributed by atoms with Crippen molar-refractivity contribution in [3.63, 3.8) is 0 Å². The van der Waals surface area contributed by atoms with E-state index in [0.717, 1.165) is 40.0 Å². The van der Waals surface area contributed by atoms with Crippen molar-refractivity contribution in [3.8, 4) is 0 Å². The highest BCUT2D eigenvalue weighted by molar-refractivity contribution is 6.15. The zero-order valence-electron chi connectivity index (χ0n) is 25.8. The van der Waals surface area contributed by atoms with Gasteiger partial charge in [0.1, 0.15) is 13.2 Å². The van der Waals surface area contributed by atoms with E-state index in [9.17, 15) is 9.59 Å². The second kappa shape index (κ2) is 13.0. The SMILES string of the molecule is C=C(C)C(=O)OCc1ccc(N(c2ccc(COC(=O)C(=C)C)cc2)c2ccc(CC)c3c2ccc2cccc(C)c23)cc1. The van der Waals surface area contributed by atoms with Crippen LogP contribution in [0.5, 0.6) is 0 Å². The Morgan fingerprint density at radius 1 is 0.682 bits per heavy atom. The number of hydrogen-bond acceptors (Lipinski definition) is 5. The molecule has 0 unspecified atom stereocenters. The first-order chi connectivity index (χ1) is 21.2. The lowest BCUT2D eigenvalue weighted by Crippen LogP contribution is -2.12. The summed E-state index contributed by atoms with van der Waals surface area (Å²) in [4.78, 5) is 26.1. The van der Waals surface area contributed by atoms with Gasteiger partial charge in [-0.1, -0.05) is 80.7 Å². The zero-order valence-corrected chi connectivity index (χ0v) is 25.8. The van der Waals surface area contributed by atoms with Crippen molar-refractivity contribution in [3.05, 3.63) is 138 Å². The third-order valence-electron chi connectivity index (χ3n) is 7.74. The van der Waals surface area contributed by atoms with Gasteiger partial charge in [-0.25, -0.2) is 9.59 Å². The predicted octanol–water partition coefficient (Wildman–Crippen LogP) is 9.57. The lowest BCUT2D eigenvalue weighted by molar-refractivity contribution is -0.141. The number of carbonyl (C=O) groups is 2. The first-order valence-corrected chi connectivity index (χ1v) is 14.7. The highest BCUT2D eigenvalue weighted by Crippen LogP contribution is 2.42. The Bertz CT molecular complexity index is 1810. The normalized spacial score (nSPS) is 10.9. The van der Waals surface area contributed by atoms with Crippen molar-refractivity contribution in [1.82, 2.24) is 0 Å². The Morgan fingerprint density at radius 3 is 1.73 bits per heavy atom. The van der Waals surface area contributed by atoms with Crippen LogP contribution in [0.1, 0.15) is 43.0 Å². The molecule has 0 atom stereocenters. The van der Waals surface area contributed by atoms with Gasteiger partial charge >= 0.3 is 11.9 Å². The number of anilines is 3. The first-order valence-electron chi connectivity index (χ1n) is 14.7. The fourth-order valence-corrected chi connectivity index (χ4v) is 5.41. The molecule has 0 spiro atoms. The Labute approximate surface area is 259 Å². The van der Waals surface area contributed by atoms with Gasteiger partial charge in [0.2, 0.25) is 0 Å². The van der Waals surface area contributed by atoms with Crippen molar-refractivity contribution in [1.29, 1.82) is 0 Å². The molecule has 222 valence electrons. The minimum Gasteiger partial charge on any atom is -0.457 e. The third-order valence-corrected chi connectivity index (χ3v) is 7.74. The highest BCUT2D eigenvalue weighted by Gasteiger charge is 2.19. The summed E-state index contributed by atoms with van der Waals surface area (Å²) in [7, 11) is 0. The summed E-state index contributed by atoms with van der Waals surface area (Å²) < 4.78 is 10.7. The summed E-state index contributed by atoms with van der Waals surface area (Å²) in [6.07, 6.45) is 0.916. The molecule has 0 saturated carbocycles. The molecule has 5 aromatic carbocycles. The Balaban J connectivity index is 1.62. The second-order valence-electron chi connectivity index (χ2n) is 11.1. The molecule has 0 radical (unpaired) electrons. The molecule has 0 amide bonds. The van der Waals surface area contributed by atoms with E-state index in [1.54, 1.807) is 13.8 Å². The van der Waals surface area contributed by atoms with E-state index < -0.39 is 11.9 Å². The van der Waals surface area contributed by atoms with Gasteiger partial charge in [0.15, 0.2) is 0 Å². The number of ether oxygens (including phenoxy) is 2. The van der Waals surface area contributed by atoms with Crippen LogP contribution in [-0.2, 0) is 38.7 Å². The van der Waals surface area contributed by atoms with Crippen molar-refractivity contribution in [2.24, 2.45) is 0 Å². The summed E-state index contributed by atoms with van der Waals surface area (Å²) in [5.74, 6) is -0.815. The number of fused-ring (bicyclic) bond motifs is 3. The monoisotopic (exact) mass is 583 g/mol. The van der Waals surface area contributed by atoms with Crippen molar-refractivity contribution in [2.75, 3.05) is 4.90 Å². The van der Waals surface area contributed by atoms with Crippen LogP contribution in [0.15, 0.2) is 115 Å². The van der Waals surface area contributed by atoms with Gasteiger partial charge in [0, 0.05) is 27.9 Å². The smallest absolute Gasteiger partial charge is 0.333 e. The average Bonchev–Trinajstić information content (AvgIpc) is 3.03. The van der Waals surface area contributed by atoms with Crippen LogP contribution in [0, 0.1) is 6.92 Å². The minimum atomic E-state index is -0.408. The molecule has 0 aromatic heterocycles. The average molecular weight is 584 g/mol. The molecule has 0 heterocycles. The molecule has 44 heavy (non-hydrogen) atoms. The maximum absolute atomic E-state index is 11.9. The van der Waals surface area contributed by atoms with Gasteiger partial charge in [-0.2, -0.15) is 0 Å². The lowest BCUT2D eigenvalue weighted by Gasteiger charge is -2.28. The molecule has 0 bridgehead atoms. The maximum Gasteiger partial charge on any atom is 0.333 e. The molecule has 0 saturated heterocycles. The Kier molecular flexibility index (Phi) is 8.96. The Hall–Kier alpha value is -5.16. The highest BCUT2D eigenvalue weighted by atomic mass is 16.5. The third kappa shape index (κ3) is 6.28. The summed E-state index contributed by atoms with van der Waals surface area (Å²) in [5.41, 5.74) is 8.00. The molecular weight excluding hydrogens is 546 g/mol. The second-order valence-corrected chi connectivity index (χ2v) is 11.1. The lowest BCUT2D eigenvalue weighted by atomic mass is 9.92. The first kappa shape index (κ1) is 30.3. The van der Waals surface area contributed by atoms with Crippen LogP contribution in [0.2, 0.25) is 0 Å². The number of carbonyl (C=O) groups excluding carboxylic acids is 2. The van der Waals surface area contributed by atoms with Crippen molar-refractivity contribution >= 4 is 50.5 Å². The number of rotatable bonds is 10. The summed E-state index contributed by atoms with van der Waals surface area (Å²) in [6, 6.07) is 31.3. The van der Waals surface area contributed by atoms with Crippen molar-refractivity contribution in [2.45, 2.75) is 47.3 Å². The minimum absolute atomic E-state index is 0.170. The Morgan fingerprint density at radius 2 is 1.23 bits per heavy atom. The predicted molar refractivity (Wildman–Crippen MR) is 179 cm³/mol. The van der Waals surface area contributed by atoms with Gasteiger partial charge in [0.25, 0.3) is 0 Å². The van der Waals surface area contributed by atoms with Gasteiger partial charge in [-0.3, -0.25) is 0 Å². The summed E-state index contributed by atoms with van der Waals surface area (Å²) in [5, 5.41) is 4.91. The molecule has 0 N–H and O–H groups in total. The van der Waals surface area contributed by atoms with Gasteiger partial charge < -0.3 is 14.4 Å². The molecule has 0 fully saturated rings. The van der Waals surface area contributed by atoms with E-state index in [0.29, 0.717) is 11.1 Å². The fourth-order valence-electron chi connectivity index (χ4n) is 5.41. The number of aryl methyl sites for hydroxylation is 2. The van der Waals surface area contributed by atoms with Crippen LogP contribution in [0.25, 0.3) is 21.5 Å². The van der Waals surface area contributed by atoms with Gasteiger partial charge in [-0.05, 0) is 95.9 Å². The van der Waals surface area contributed by atoms with E-state index in [1.165, 1.54) is 27.3 Å². The molecule has 0 aliphatic rings. The number of hydrogen-bond donors (Lipinski definition) is 0. The van der Waals surface area contributed by atoms with E-state index in [4.69, 9.17) is 9.47 Å². The van der Waals surface area contributed by atoms with Gasteiger partial charge in [-0.15, -0.1) is 0 Å². The number of nitrogens with zero attached hydrogens (tertiary/aromatic N) is 1. The fraction of sp³-hybridized carbons (Fsp3) is 0.179. The van der Waals surface area contributed by atoms with Crippen molar-refractivity contribution < 1.29 is 19.1 Å². The molecule has 5 heteroatoms. The molecular formula is C39H37NO4. The van der Waals surface area contributed by atoms with Crippen LogP contribution in [0.4, 0.5) is 17.1 Å². The van der Waals surface area contributed by atoms with E-state index in [-0.39, 0.29) is 13.2 Å². The van der Waals surface area contributed by atoms with Crippen LogP contribution in [0.3, 0.4) is 0 Å². The molecule has 5 rings (SSSR count). The van der Waals surface area contributed by atoms with E-state index in [1.807, 2.05) is 48.5 Å². The maximum atomic E-state index is 11.9. The zero-order chi connectivity index (χ0) is 31.4. The topological polar surface area (TPSA) is 55.8 Å². The molecule has 5 aromatic rings. The molecule has 0 aliphatic carbocycles. The van der Waals surface area contributed by atoms with Crippen LogP contribution < -0.4 is 4.90 Å². The number of esters is 2. The molecule has 5 nitrogen and oxygen atoms in total. The largest absolute Gasteiger partial charge is 0.457 e. The standard InChI is InChI=1S/C39H37NO4/c1-7-30-16-22-35(34-21-15-31-10-8-9-27(6)36(31)37(30)34)40(32-17-11-28(12-18-32)23-43-38(41)25(2)3)33-19-13-29(14-20-33)24-44-39(42)26(4)5/h8-22H,2,4,7,23-24H2,1,3,5-6H3. The van der Waals surface area contributed by atoms with Crippen LogP contribution in [-0.4, -0.2) is 11.9 Å². The van der Waals surface area contributed by atoms with Gasteiger partial charge in [0.05, 0.1) is 5.69 Å². The van der Waals surface area contributed by atoms with E-state index >= 15 is 0 Å². The summed E-state index contributed by atoms with van der Waals surface area (Å²) in [6.45, 7) is 15.3. The van der Waals surface area contributed by atoms with Crippen LogP contribution >= 0.6 is 0 Å².